The minimum absolute atomic E-state index is 0.462. The maximum Gasteiger partial charge on any atom is 0.227 e. The quantitative estimate of drug-likeness (QED) is 0.943. The minimum atomic E-state index is 0.462. The van der Waals surface area contributed by atoms with Crippen LogP contribution in [0.5, 0.6) is 0 Å². The molecule has 1 fully saturated rings. The molecule has 1 aromatic carbocycles. The molecule has 5 nitrogen and oxygen atoms in total. The second kappa shape index (κ2) is 6.76. The molecule has 3 rings (SSSR count). The topological polar surface area (TPSA) is 64.8 Å². The number of aromatic nitrogens is 2. The number of anilines is 2. The Hall–Kier alpha value is -2.45. The summed E-state index contributed by atoms with van der Waals surface area (Å²) in [5.74, 6) is 1.17. The standard InChI is InChI=1S/C18H21N5/c1-13-9-16(22-18-20-11-14(10-19)12-21-18)3-4-17(13)15-5-7-23(2)8-6-15/h3-4,9,11-12,15H,5-8H2,1-2H3,(H,20,21,22). The van der Waals surface area contributed by atoms with Crippen LogP contribution in [-0.2, 0) is 0 Å². The maximum absolute atomic E-state index is 8.77. The van der Waals surface area contributed by atoms with Crippen molar-refractivity contribution < 1.29 is 0 Å². The Morgan fingerprint density at radius 3 is 2.52 bits per heavy atom. The molecule has 0 atom stereocenters. The first-order valence-electron chi connectivity index (χ1n) is 7.94. The highest BCUT2D eigenvalue weighted by molar-refractivity contribution is 5.56. The van der Waals surface area contributed by atoms with Crippen LogP contribution >= 0.6 is 0 Å². The number of hydrogen-bond acceptors (Lipinski definition) is 5. The molecule has 0 spiro atoms. The number of hydrogen-bond donors (Lipinski definition) is 1. The molecule has 23 heavy (non-hydrogen) atoms. The summed E-state index contributed by atoms with van der Waals surface area (Å²) in [7, 11) is 2.19. The Bertz CT molecular complexity index is 709. The van der Waals surface area contributed by atoms with Crippen molar-refractivity contribution in [2.24, 2.45) is 0 Å². The maximum atomic E-state index is 8.77. The molecule has 0 unspecified atom stereocenters. The summed E-state index contributed by atoms with van der Waals surface area (Å²) in [6, 6.07) is 8.47. The molecule has 1 aliphatic rings. The molecule has 2 heterocycles. The van der Waals surface area contributed by atoms with Gasteiger partial charge in [-0.15, -0.1) is 0 Å². The van der Waals surface area contributed by atoms with E-state index < -0.39 is 0 Å². The second-order valence-electron chi connectivity index (χ2n) is 6.18. The lowest BCUT2D eigenvalue weighted by Gasteiger charge is -2.30. The van der Waals surface area contributed by atoms with Gasteiger partial charge in [0.2, 0.25) is 5.95 Å². The lowest BCUT2D eigenvalue weighted by molar-refractivity contribution is 0.255. The Morgan fingerprint density at radius 1 is 1.22 bits per heavy atom. The summed E-state index contributed by atoms with van der Waals surface area (Å²) in [6.45, 7) is 4.50. The summed E-state index contributed by atoms with van der Waals surface area (Å²) in [4.78, 5) is 10.7. The van der Waals surface area contributed by atoms with Crippen molar-refractivity contribution in [2.75, 3.05) is 25.5 Å². The molecule has 0 amide bonds. The zero-order valence-electron chi connectivity index (χ0n) is 13.6. The fourth-order valence-corrected chi connectivity index (χ4v) is 3.11. The van der Waals surface area contributed by atoms with Gasteiger partial charge in [0.25, 0.3) is 0 Å². The van der Waals surface area contributed by atoms with Crippen molar-refractivity contribution in [3.8, 4) is 6.07 Å². The Kier molecular flexibility index (Phi) is 4.54. The van der Waals surface area contributed by atoms with Crippen molar-refractivity contribution in [1.82, 2.24) is 14.9 Å². The van der Waals surface area contributed by atoms with Crippen LogP contribution in [0.25, 0.3) is 0 Å². The Morgan fingerprint density at radius 2 is 1.91 bits per heavy atom. The number of likely N-dealkylation sites (tertiary alicyclic amines) is 1. The predicted molar refractivity (Wildman–Crippen MR) is 90.7 cm³/mol. The number of piperidine rings is 1. The van der Waals surface area contributed by atoms with E-state index in [1.54, 1.807) is 0 Å². The number of aryl methyl sites for hydroxylation is 1. The first-order chi connectivity index (χ1) is 11.2. The van der Waals surface area contributed by atoms with Gasteiger partial charge in [-0.2, -0.15) is 5.26 Å². The fraction of sp³-hybridized carbons (Fsp3) is 0.389. The third kappa shape index (κ3) is 3.66. The van der Waals surface area contributed by atoms with Gasteiger partial charge in [0.1, 0.15) is 6.07 Å². The summed E-state index contributed by atoms with van der Waals surface area (Å²) < 4.78 is 0. The first kappa shape index (κ1) is 15.4. The molecule has 1 saturated heterocycles. The molecule has 5 heteroatoms. The van der Waals surface area contributed by atoms with Gasteiger partial charge in [-0.25, -0.2) is 9.97 Å². The number of rotatable bonds is 3. The van der Waals surface area contributed by atoms with Crippen molar-refractivity contribution >= 4 is 11.6 Å². The van der Waals surface area contributed by atoms with Gasteiger partial charge in [-0.1, -0.05) is 6.07 Å². The van der Waals surface area contributed by atoms with Crippen LogP contribution in [0, 0.1) is 18.3 Å². The average Bonchev–Trinajstić information content (AvgIpc) is 2.57. The monoisotopic (exact) mass is 307 g/mol. The van der Waals surface area contributed by atoms with Crippen LogP contribution in [0.15, 0.2) is 30.6 Å². The van der Waals surface area contributed by atoms with Crippen LogP contribution in [0.2, 0.25) is 0 Å². The highest BCUT2D eigenvalue weighted by atomic mass is 15.1. The molecule has 1 aromatic heterocycles. The molecule has 0 saturated carbocycles. The van der Waals surface area contributed by atoms with E-state index in [0.717, 1.165) is 5.69 Å². The van der Waals surface area contributed by atoms with Gasteiger partial charge in [-0.3, -0.25) is 0 Å². The SMILES string of the molecule is Cc1cc(Nc2ncc(C#N)cn2)ccc1C1CCN(C)CC1. The van der Waals surface area contributed by atoms with Crippen LogP contribution in [-0.4, -0.2) is 35.0 Å². The van der Waals surface area contributed by atoms with E-state index in [-0.39, 0.29) is 0 Å². The van der Waals surface area contributed by atoms with Crippen LogP contribution in [0.4, 0.5) is 11.6 Å². The molecule has 1 N–H and O–H groups in total. The largest absolute Gasteiger partial charge is 0.324 e. The number of nitrogens with one attached hydrogen (secondary N) is 1. The molecular formula is C18H21N5. The van der Waals surface area contributed by atoms with Gasteiger partial charge in [0, 0.05) is 5.69 Å². The van der Waals surface area contributed by atoms with Gasteiger partial charge in [-0.05, 0) is 69.1 Å². The number of nitrogens with zero attached hydrogens (tertiary/aromatic N) is 4. The molecule has 0 radical (unpaired) electrons. The van der Waals surface area contributed by atoms with Gasteiger partial charge >= 0.3 is 0 Å². The van der Waals surface area contributed by atoms with Crippen molar-refractivity contribution in [2.45, 2.75) is 25.7 Å². The molecule has 2 aromatic rings. The third-order valence-corrected chi connectivity index (χ3v) is 4.47. The fourth-order valence-electron chi connectivity index (χ4n) is 3.11. The van der Waals surface area contributed by atoms with Gasteiger partial charge in [0.15, 0.2) is 0 Å². The third-order valence-electron chi connectivity index (χ3n) is 4.47. The van der Waals surface area contributed by atoms with E-state index >= 15 is 0 Å². The molecular weight excluding hydrogens is 286 g/mol. The van der Waals surface area contributed by atoms with E-state index in [4.69, 9.17) is 5.26 Å². The van der Waals surface area contributed by atoms with Crippen molar-refractivity contribution in [3.05, 3.63) is 47.3 Å². The summed E-state index contributed by atoms with van der Waals surface area (Å²) in [5, 5.41) is 12.0. The molecule has 118 valence electrons. The van der Waals surface area contributed by atoms with E-state index in [0.29, 0.717) is 17.4 Å². The van der Waals surface area contributed by atoms with E-state index in [9.17, 15) is 0 Å². The number of nitriles is 1. The highest BCUT2D eigenvalue weighted by Gasteiger charge is 2.19. The lowest BCUT2D eigenvalue weighted by atomic mass is 9.87. The normalized spacial score (nSPS) is 16.0. The van der Waals surface area contributed by atoms with Crippen molar-refractivity contribution in [1.29, 1.82) is 5.26 Å². The minimum Gasteiger partial charge on any atom is -0.324 e. The van der Waals surface area contributed by atoms with E-state index in [1.165, 1.54) is 49.5 Å². The van der Waals surface area contributed by atoms with Crippen LogP contribution in [0.3, 0.4) is 0 Å². The highest BCUT2D eigenvalue weighted by Crippen LogP contribution is 2.31. The summed E-state index contributed by atoms with van der Waals surface area (Å²) in [5.41, 5.74) is 4.19. The zero-order chi connectivity index (χ0) is 16.2. The second-order valence-corrected chi connectivity index (χ2v) is 6.18. The molecule has 0 bridgehead atoms. The van der Waals surface area contributed by atoms with Gasteiger partial charge < -0.3 is 10.2 Å². The summed E-state index contributed by atoms with van der Waals surface area (Å²) >= 11 is 0. The van der Waals surface area contributed by atoms with Crippen LogP contribution in [0.1, 0.15) is 35.4 Å². The smallest absolute Gasteiger partial charge is 0.227 e. The Labute approximate surface area is 137 Å². The number of benzene rings is 1. The van der Waals surface area contributed by atoms with E-state index in [1.807, 2.05) is 6.07 Å². The predicted octanol–water partition coefficient (Wildman–Crippen LogP) is 3.21. The Balaban J connectivity index is 1.72. The van der Waals surface area contributed by atoms with Crippen molar-refractivity contribution in [3.63, 3.8) is 0 Å². The average molecular weight is 307 g/mol. The van der Waals surface area contributed by atoms with E-state index in [2.05, 4.69) is 52.4 Å². The molecule has 1 aliphatic heterocycles. The summed E-state index contributed by atoms with van der Waals surface area (Å²) in [6.07, 6.45) is 5.50. The molecule has 0 aliphatic carbocycles. The lowest BCUT2D eigenvalue weighted by Crippen LogP contribution is -2.29. The van der Waals surface area contributed by atoms with Gasteiger partial charge in [0.05, 0.1) is 18.0 Å². The van der Waals surface area contributed by atoms with Crippen LogP contribution < -0.4 is 5.32 Å². The zero-order valence-corrected chi connectivity index (χ0v) is 13.6. The first-order valence-corrected chi connectivity index (χ1v) is 7.94.